The normalized spacial score (nSPS) is 19.6. The summed E-state index contributed by atoms with van der Waals surface area (Å²) in [6, 6.07) is 15.5. The molecule has 0 bridgehead atoms. The molecule has 0 radical (unpaired) electrons. The molecule has 2 fully saturated rings. The van der Waals surface area contributed by atoms with Crippen molar-refractivity contribution >= 4 is 33.4 Å². The maximum Gasteiger partial charge on any atom is 0.253 e. The highest BCUT2D eigenvalue weighted by atomic mass is 79.9. The van der Waals surface area contributed by atoms with E-state index in [1.54, 1.807) is 12.1 Å². The van der Waals surface area contributed by atoms with Crippen molar-refractivity contribution in [2.75, 3.05) is 31.6 Å². The Morgan fingerprint density at radius 3 is 2.62 bits per heavy atom. The van der Waals surface area contributed by atoms with Crippen LogP contribution in [0.15, 0.2) is 53.0 Å². The first-order chi connectivity index (χ1) is 15.6. The number of carbonyl (C=O) groups excluding carboxylic acids is 2. The molecule has 4 rings (SSSR count). The quantitative estimate of drug-likeness (QED) is 0.598. The number of para-hydroxylation sites is 1. The van der Waals surface area contributed by atoms with Gasteiger partial charge in [0.15, 0.2) is 0 Å². The van der Waals surface area contributed by atoms with Gasteiger partial charge in [0.1, 0.15) is 0 Å². The Morgan fingerprint density at radius 2 is 1.88 bits per heavy atom. The number of carbonyl (C=O) groups is 2. The van der Waals surface area contributed by atoms with E-state index in [4.69, 9.17) is 4.74 Å². The fourth-order valence-electron chi connectivity index (χ4n) is 4.38. The zero-order valence-corrected chi connectivity index (χ0v) is 19.8. The molecule has 0 aromatic heterocycles. The molecule has 7 heteroatoms. The summed E-state index contributed by atoms with van der Waals surface area (Å²) < 4.78 is 6.66. The SMILES string of the molecule is O=C(NCC1CCCO1)c1ccccc1NC(=O)C1CCN(Cc2cccc(Br)c2)CC1. The summed E-state index contributed by atoms with van der Waals surface area (Å²) in [7, 11) is 0. The molecule has 0 aliphatic carbocycles. The number of piperidine rings is 1. The topological polar surface area (TPSA) is 70.7 Å². The van der Waals surface area contributed by atoms with Crippen LogP contribution in [0.4, 0.5) is 5.69 Å². The van der Waals surface area contributed by atoms with Crippen molar-refractivity contribution in [3.63, 3.8) is 0 Å². The molecule has 0 spiro atoms. The van der Waals surface area contributed by atoms with Gasteiger partial charge in [-0.15, -0.1) is 0 Å². The van der Waals surface area contributed by atoms with E-state index in [0.29, 0.717) is 17.8 Å². The third-order valence-electron chi connectivity index (χ3n) is 6.20. The van der Waals surface area contributed by atoms with Crippen molar-refractivity contribution in [2.45, 2.75) is 38.3 Å². The lowest BCUT2D eigenvalue weighted by molar-refractivity contribution is -0.121. The number of likely N-dealkylation sites (tertiary alicyclic amines) is 1. The lowest BCUT2D eigenvalue weighted by Crippen LogP contribution is -2.38. The molecular weight excluding hydrogens is 470 g/mol. The smallest absolute Gasteiger partial charge is 0.253 e. The van der Waals surface area contributed by atoms with Crippen LogP contribution in [0.1, 0.15) is 41.6 Å². The number of amides is 2. The Balaban J connectivity index is 1.29. The first kappa shape index (κ1) is 23.0. The molecule has 0 saturated carbocycles. The Bertz CT molecular complexity index is 938. The molecule has 6 nitrogen and oxygen atoms in total. The summed E-state index contributed by atoms with van der Waals surface area (Å²) in [5, 5.41) is 5.95. The van der Waals surface area contributed by atoms with E-state index in [-0.39, 0.29) is 23.8 Å². The molecule has 2 aliphatic heterocycles. The van der Waals surface area contributed by atoms with Gasteiger partial charge >= 0.3 is 0 Å². The Labute approximate surface area is 197 Å². The summed E-state index contributed by atoms with van der Waals surface area (Å²) in [5.41, 5.74) is 2.33. The molecule has 1 atom stereocenters. The minimum atomic E-state index is -0.180. The third kappa shape index (κ3) is 6.18. The number of anilines is 1. The van der Waals surface area contributed by atoms with E-state index in [0.717, 1.165) is 56.4 Å². The molecule has 2 N–H and O–H groups in total. The van der Waals surface area contributed by atoms with Gasteiger partial charge in [0.05, 0.1) is 17.4 Å². The Kier molecular flexibility index (Phi) is 7.95. The van der Waals surface area contributed by atoms with Crippen LogP contribution in [0.2, 0.25) is 0 Å². The first-order valence-electron chi connectivity index (χ1n) is 11.3. The molecule has 2 heterocycles. The van der Waals surface area contributed by atoms with E-state index in [9.17, 15) is 9.59 Å². The van der Waals surface area contributed by atoms with E-state index in [1.165, 1.54) is 5.56 Å². The molecule has 2 amide bonds. The van der Waals surface area contributed by atoms with Gasteiger partial charge in [-0.1, -0.05) is 40.2 Å². The summed E-state index contributed by atoms with van der Waals surface area (Å²) in [5.74, 6) is -0.233. The van der Waals surface area contributed by atoms with Crippen molar-refractivity contribution in [2.24, 2.45) is 5.92 Å². The maximum absolute atomic E-state index is 12.9. The van der Waals surface area contributed by atoms with Crippen LogP contribution >= 0.6 is 15.9 Å². The van der Waals surface area contributed by atoms with E-state index >= 15 is 0 Å². The predicted octanol–water partition coefficient (Wildman–Crippen LogP) is 4.21. The fraction of sp³-hybridized carbons (Fsp3) is 0.440. The maximum atomic E-state index is 12.9. The first-order valence-corrected chi connectivity index (χ1v) is 12.1. The number of hydrogen-bond acceptors (Lipinski definition) is 4. The second-order valence-electron chi connectivity index (χ2n) is 8.56. The van der Waals surface area contributed by atoms with Gasteiger partial charge in [-0.2, -0.15) is 0 Å². The summed E-state index contributed by atoms with van der Waals surface area (Å²) >= 11 is 3.52. The van der Waals surface area contributed by atoms with Crippen molar-refractivity contribution in [1.82, 2.24) is 10.2 Å². The minimum absolute atomic E-state index is 0.00789. The van der Waals surface area contributed by atoms with E-state index in [1.807, 2.05) is 24.3 Å². The zero-order chi connectivity index (χ0) is 22.3. The lowest BCUT2D eigenvalue weighted by Gasteiger charge is -2.31. The molecule has 170 valence electrons. The zero-order valence-electron chi connectivity index (χ0n) is 18.2. The van der Waals surface area contributed by atoms with Gasteiger partial charge in [-0.3, -0.25) is 14.5 Å². The number of rotatable bonds is 7. The lowest BCUT2D eigenvalue weighted by atomic mass is 9.95. The number of halogens is 1. The molecule has 2 saturated heterocycles. The second kappa shape index (κ2) is 11.1. The molecule has 2 aliphatic rings. The van der Waals surface area contributed by atoms with Crippen LogP contribution in [0, 0.1) is 5.92 Å². The largest absolute Gasteiger partial charge is 0.376 e. The van der Waals surface area contributed by atoms with Gasteiger partial charge in [0.25, 0.3) is 5.91 Å². The van der Waals surface area contributed by atoms with Crippen LogP contribution in [0.5, 0.6) is 0 Å². The van der Waals surface area contributed by atoms with Crippen molar-refractivity contribution < 1.29 is 14.3 Å². The fourth-order valence-corrected chi connectivity index (χ4v) is 4.83. The van der Waals surface area contributed by atoms with Crippen molar-refractivity contribution in [1.29, 1.82) is 0 Å². The molecule has 2 aromatic rings. The minimum Gasteiger partial charge on any atom is -0.376 e. The van der Waals surface area contributed by atoms with Crippen molar-refractivity contribution in [3.8, 4) is 0 Å². The average molecular weight is 500 g/mol. The molecule has 32 heavy (non-hydrogen) atoms. The average Bonchev–Trinajstić information content (AvgIpc) is 3.32. The van der Waals surface area contributed by atoms with E-state index in [2.05, 4.69) is 43.6 Å². The number of nitrogens with one attached hydrogen (secondary N) is 2. The molecular formula is C25H30BrN3O3. The van der Waals surface area contributed by atoms with Gasteiger partial charge in [-0.05, 0) is 68.6 Å². The number of benzene rings is 2. The molecule has 2 aromatic carbocycles. The Morgan fingerprint density at radius 1 is 1.06 bits per heavy atom. The van der Waals surface area contributed by atoms with Gasteiger partial charge in [0, 0.05) is 30.1 Å². The summed E-state index contributed by atoms with van der Waals surface area (Å²) in [6.07, 6.45) is 3.72. The predicted molar refractivity (Wildman–Crippen MR) is 129 cm³/mol. The van der Waals surface area contributed by atoms with Crippen LogP contribution in [0.25, 0.3) is 0 Å². The van der Waals surface area contributed by atoms with Gasteiger partial charge in [0.2, 0.25) is 5.91 Å². The number of ether oxygens (including phenoxy) is 1. The second-order valence-corrected chi connectivity index (χ2v) is 9.48. The summed E-state index contributed by atoms with van der Waals surface area (Å²) in [6.45, 7) is 3.91. The van der Waals surface area contributed by atoms with E-state index < -0.39 is 0 Å². The number of hydrogen-bond donors (Lipinski definition) is 2. The van der Waals surface area contributed by atoms with Crippen LogP contribution in [-0.2, 0) is 16.1 Å². The highest BCUT2D eigenvalue weighted by Gasteiger charge is 2.26. The van der Waals surface area contributed by atoms with Crippen LogP contribution in [-0.4, -0.2) is 49.1 Å². The van der Waals surface area contributed by atoms with Crippen molar-refractivity contribution in [3.05, 3.63) is 64.1 Å². The standard InChI is InChI=1S/C25H30BrN3O3/c26-20-6-3-5-18(15-20)17-29-12-10-19(11-13-29)24(30)28-23-9-2-1-8-22(23)25(31)27-16-21-7-4-14-32-21/h1-3,5-6,8-9,15,19,21H,4,7,10-14,16-17H2,(H,27,31)(H,28,30). The highest BCUT2D eigenvalue weighted by Crippen LogP contribution is 2.23. The van der Waals surface area contributed by atoms with Crippen LogP contribution in [0.3, 0.4) is 0 Å². The van der Waals surface area contributed by atoms with Crippen LogP contribution < -0.4 is 10.6 Å². The third-order valence-corrected chi connectivity index (χ3v) is 6.69. The highest BCUT2D eigenvalue weighted by molar-refractivity contribution is 9.10. The van der Waals surface area contributed by atoms with Gasteiger partial charge in [-0.25, -0.2) is 0 Å². The molecule has 1 unspecified atom stereocenters. The number of nitrogens with zero attached hydrogens (tertiary/aromatic N) is 1. The summed E-state index contributed by atoms with van der Waals surface area (Å²) in [4.78, 5) is 28.0. The van der Waals surface area contributed by atoms with Gasteiger partial charge < -0.3 is 15.4 Å². The monoisotopic (exact) mass is 499 g/mol. The Hall–Kier alpha value is -2.22.